The molecule has 0 saturated heterocycles. The van der Waals surface area contributed by atoms with Crippen molar-refractivity contribution in [2.75, 3.05) is 0 Å². The summed E-state index contributed by atoms with van der Waals surface area (Å²) < 4.78 is 0. The van der Waals surface area contributed by atoms with Crippen molar-refractivity contribution in [3.05, 3.63) is 11.1 Å². The van der Waals surface area contributed by atoms with Gasteiger partial charge in [0.15, 0.2) is 5.78 Å². The highest BCUT2D eigenvalue weighted by Gasteiger charge is 2.63. The summed E-state index contributed by atoms with van der Waals surface area (Å²) in [7, 11) is 0. The topological polar surface area (TPSA) is 37.3 Å². The van der Waals surface area contributed by atoms with Gasteiger partial charge < -0.3 is 5.11 Å². The molecule has 2 heteroatoms. The molecule has 6 atom stereocenters. The van der Waals surface area contributed by atoms with Crippen molar-refractivity contribution in [2.45, 2.75) is 84.7 Å². The standard InChI is InChI=1S/C23H32O2/c1-5-11-23(25)14-9-19-16-6-7-17-15(2)20(24)10-12-21(17,3)18(16)8-13-22(19,23)4/h16,18-19,25H,6-10,12-14H2,1-4H3/t16-,18+,19+,21+,22+,23+/m1/s1. The summed E-state index contributed by atoms with van der Waals surface area (Å²) >= 11 is 0. The number of rotatable bonds is 0. The van der Waals surface area contributed by atoms with Crippen molar-refractivity contribution in [1.82, 2.24) is 0 Å². The Bertz CT molecular complexity index is 707. The van der Waals surface area contributed by atoms with Crippen LogP contribution < -0.4 is 0 Å². The van der Waals surface area contributed by atoms with E-state index in [-0.39, 0.29) is 10.8 Å². The van der Waals surface area contributed by atoms with Crippen molar-refractivity contribution >= 4 is 5.78 Å². The summed E-state index contributed by atoms with van der Waals surface area (Å²) in [6.07, 6.45) is 8.21. The Kier molecular flexibility index (Phi) is 3.79. The van der Waals surface area contributed by atoms with Crippen LogP contribution in [0.2, 0.25) is 0 Å². The summed E-state index contributed by atoms with van der Waals surface area (Å²) in [6.45, 7) is 8.65. The largest absolute Gasteiger partial charge is 0.377 e. The van der Waals surface area contributed by atoms with Gasteiger partial charge in [-0.25, -0.2) is 0 Å². The normalized spacial score (nSPS) is 49.0. The van der Waals surface area contributed by atoms with Gasteiger partial charge in [-0.15, -0.1) is 5.92 Å². The molecule has 3 fully saturated rings. The van der Waals surface area contributed by atoms with Crippen LogP contribution in [0.1, 0.15) is 79.1 Å². The van der Waals surface area contributed by atoms with Crippen molar-refractivity contribution in [3.63, 3.8) is 0 Å². The molecule has 3 saturated carbocycles. The quantitative estimate of drug-likeness (QED) is 0.651. The molecule has 0 aliphatic heterocycles. The minimum absolute atomic E-state index is 0.0612. The van der Waals surface area contributed by atoms with Crippen molar-refractivity contribution in [1.29, 1.82) is 0 Å². The maximum absolute atomic E-state index is 12.2. The third-order valence-electron chi connectivity index (χ3n) is 8.90. The molecule has 0 bridgehead atoms. The second-order valence-corrected chi connectivity index (χ2v) is 9.59. The van der Waals surface area contributed by atoms with E-state index in [9.17, 15) is 9.90 Å². The van der Waals surface area contributed by atoms with Gasteiger partial charge >= 0.3 is 0 Å². The number of fused-ring (bicyclic) bond motifs is 5. The Morgan fingerprint density at radius 3 is 2.48 bits per heavy atom. The van der Waals surface area contributed by atoms with Gasteiger partial charge in [0.1, 0.15) is 5.60 Å². The highest BCUT2D eigenvalue weighted by molar-refractivity contribution is 5.96. The average Bonchev–Trinajstić information content (AvgIpc) is 2.83. The van der Waals surface area contributed by atoms with E-state index in [2.05, 4.69) is 32.6 Å². The van der Waals surface area contributed by atoms with Crippen molar-refractivity contribution < 1.29 is 9.90 Å². The van der Waals surface area contributed by atoms with E-state index < -0.39 is 5.60 Å². The number of Topliss-reactive ketones (excluding diaryl/α,β-unsaturated/α-hetero) is 1. The minimum Gasteiger partial charge on any atom is -0.377 e. The molecule has 0 aromatic heterocycles. The van der Waals surface area contributed by atoms with E-state index in [4.69, 9.17) is 0 Å². The summed E-state index contributed by atoms with van der Waals surface area (Å²) in [4.78, 5) is 12.2. The van der Waals surface area contributed by atoms with Crippen molar-refractivity contribution in [2.24, 2.45) is 28.6 Å². The minimum atomic E-state index is -0.799. The lowest BCUT2D eigenvalue weighted by Crippen LogP contribution is -2.54. The fourth-order valence-corrected chi connectivity index (χ4v) is 7.41. The Morgan fingerprint density at radius 2 is 1.76 bits per heavy atom. The number of aliphatic hydroxyl groups is 1. The summed E-state index contributed by atoms with van der Waals surface area (Å²) in [5.41, 5.74) is 1.89. The average molecular weight is 341 g/mol. The van der Waals surface area contributed by atoms with Crippen LogP contribution in [0.4, 0.5) is 0 Å². The first-order valence-electron chi connectivity index (χ1n) is 10.2. The van der Waals surface area contributed by atoms with Crippen LogP contribution >= 0.6 is 0 Å². The molecule has 136 valence electrons. The van der Waals surface area contributed by atoms with E-state index >= 15 is 0 Å². The first-order valence-corrected chi connectivity index (χ1v) is 10.2. The number of hydrogen-bond donors (Lipinski definition) is 1. The number of carbonyl (C=O) groups excluding carboxylic acids is 1. The zero-order valence-electron chi connectivity index (χ0n) is 16.2. The van der Waals surface area contributed by atoms with E-state index in [0.717, 1.165) is 44.1 Å². The van der Waals surface area contributed by atoms with Crippen molar-refractivity contribution in [3.8, 4) is 11.8 Å². The van der Waals surface area contributed by atoms with E-state index in [0.29, 0.717) is 23.5 Å². The summed E-state index contributed by atoms with van der Waals surface area (Å²) in [5.74, 6) is 8.49. The van der Waals surface area contributed by atoms with Gasteiger partial charge in [0.05, 0.1) is 0 Å². The zero-order valence-corrected chi connectivity index (χ0v) is 16.2. The lowest BCUT2D eigenvalue weighted by atomic mass is 9.46. The molecule has 4 aliphatic carbocycles. The number of hydrogen-bond acceptors (Lipinski definition) is 2. The molecule has 0 aromatic rings. The molecular formula is C23H32O2. The smallest absolute Gasteiger partial charge is 0.158 e. The lowest BCUT2D eigenvalue weighted by molar-refractivity contribution is -0.120. The van der Waals surface area contributed by atoms with Crippen LogP contribution in [0.5, 0.6) is 0 Å². The number of ketones is 1. The van der Waals surface area contributed by atoms with Gasteiger partial charge in [-0.05, 0) is 87.5 Å². The first-order chi connectivity index (χ1) is 11.8. The fourth-order valence-electron chi connectivity index (χ4n) is 7.41. The highest BCUT2D eigenvalue weighted by atomic mass is 16.3. The SMILES string of the molecule is CC#C[C@]1(O)CC[C@H]2[C@@H]3CCC4=C(C)C(=O)CC[C@]4(C)[C@H]3CC[C@@]21C. The molecule has 0 amide bonds. The first kappa shape index (κ1) is 17.3. The Hall–Kier alpha value is -1.07. The Morgan fingerprint density at radius 1 is 1.04 bits per heavy atom. The Labute approximate surface area is 152 Å². The molecule has 0 aromatic carbocycles. The van der Waals surface area contributed by atoms with E-state index in [1.165, 1.54) is 18.4 Å². The van der Waals surface area contributed by atoms with Gasteiger partial charge in [-0.2, -0.15) is 0 Å². The van der Waals surface area contributed by atoms with Gasteiger partial charge in [0.2, 0.25) is 0 Å². The molecular weight excluding hydrogens is 308 g/mol. The molecule has 0 radical (unpaired) electrons. The molecule has 0 spiro atoms. The molecule has 0 unspecified atom stereocenters. The van der Waals surface area contributed by atoms with Crippen LogP contribution in [0.3, 0.4) is 0 Å². The van der Waals surface area contributed by atoms with Crippen LogP contribution in [0, 0.1) is 40.4 Å². The maximum atomic E-state index is 12.2. The molecule has 4 aliphatic rings. The van der Waals surface area contributed by atoms with E-state index in [1.54, 1.807) is 0 Å². The molecule has 4 rings (SSSR count). The number of carbonyl (C=O) groups is 1. The molecule has 0 heterocycles. The summed E-state index contributed by atoms with van der Waals surface area (Å²) in [6, 6.07) is 0. The third kappa shape index (κ3) is 2.11. The van der Waals surface area contributed by atoms with Crippen LogP contribution in [0.15, 0.2) is 11.1 Å². The third-order valence-corrected chi connectivity index (χ3v) is 8.90. The molecule has 1 N–H and O–H groups in total. The monoisotopic (exact) mass is 340 g/mol. The van der Waals surface area contributed by atoms with Crippen LogP contribution in [-0.4, -0.2) is 16.5 Å². The fraction of sp³-hybridized carbons (Fsp3) is 0.783. The van der Waals surface area contributed by atoms with Crippen LogP contribution in [-0.2, 0) is 4.79 Å². The highest BCUT2D eigenvalue weighted by Crippen LogP contribution is 2.67. The predicted octanol–water partition coefficient (Wildman–Crippen LogP) is 4.66. The van der Waals surface area contributed by atoms with Gasteiger partial charge in [0.25, 0.3) is 0 Å². The predicted molar refractivity (Wildman–Crippen MR) is 99.7 cm³/mol. The number of allylic oxidation sites excluding steroid dienone is 1. The molecule has 2 nitrogen and oxygen atoms in total. The maximum Gasteiger partial charge on any atom is 0.158 e. The molecule has 25 heavy (non-hydrogen) atoms. The van der Waals surface area contributed by atoms with Crippen LogP contribution in [0.25, 0.3) is 0 Å². The summed E-state index contributed by atoms with van der Waals surface area (Å²) in [5, 5.41) is 11.3. The Balaban J connectivity index is 1.71. The zero-order chi connectivity index (χ0) is 18.0. The second kappa shape index (κ2) is 5.46. The second-order valence-electron chi connectivity index (χ2n) is 9.59. The van der Waals surface area contributed by atoms with Gasteiger partial charge in [0, 0.05) is 11.8 Å². The van der Waals surface area contributed by atoms with Gasteiger partial charge in [-0.1, -0.05) is 25.3 Å². The van der Waals surface area contributed by atoms with Gasteiger partial charge in [-0.3, -0.25) is 4.79 Å². The van der Waals surface area contributed by atoms with E-state index in [1.807, 2.05) is 6.92 Å². The lowest BCUT2D eigenvalue weighted by Gasteiger charge is -2.59.